The van der Waals surface area contributed by atoms with Crippen molar-refractivity contribution < 1.29 is 18.3 Å². The van der Waals surface area contributed by atoms with Crippen LogP contribution in [0.25, 0.3) is 0 Å². The second-order valence-electron chi connectivity index (χ2n) is 4.13. The number of carboxylic acid groups (broad SMARTS) is 1. The van der Waals surface area contributed by atoms with Crippen LogP contribution in [0.3, 0.4) is 0 Å². The second kappa shape index (κ2) is 6.40. The largest absolute Gasteiger partial charge is 0.480 e. The monoisotopic (exact) mass is 303 g/mol. The fourth-order valence-electron chi connectivity index (χ4n) is 1.48. The van der Waals surface area contributed by atoms with E-state index in [1.165, 1.54) is 14.0 Å². The summed E-state index contributed by atoms with van der Waals surface area (Å²) in [6.45, 7) is 1.33. The van der Waals surface area contributed by atoms with E-state index >= 15 is 0 Å². The van der Waals surface area contributed by atoms with E-state index in [1.54, 1.807) is 11.8 Å². The first-order valence-corrected chi connectivity index (χ1v) is 8.32. The molecule has 0 amide bonds. The van der Waals surface area contributed by atoms with Crippen molar-refractivity contribution in [3.8, 4) is 0 Å². The van der Waals surface area contributed by atoms with Gasteiger partial charge in [-0.25, -0.2) is 8.42 Å². The molecule has 0 aliphatic carbocycles. The zero-order chi connectivity index (χ0) is 14.6. The van der Waals surface area contributed by atoms with Crippen LogP contribution in [-0.4, -0.2) is 42.4 Å². The molecule has 0 bridgehead atoms. The number of nitrogens with zero attached hydrogens (tertiary/aromatic N) is 1. The fraction of sp³-hybridized carbons (Fsp3) is 0.417. The minimum atomic E-state index is -3.82. The Morgan fingerprint density at radius 1 is 1.37 bits per heavy atom. The second-order valence-corrected chi connectivity index (χ2v) is 7.37. The van der Waals surface area contributed by atoms with Gasteiger partial charge in [0.15, 0.2) is 5.25 Å². The minimum Gasteiger partial charge on any atom is -0.480 e. The van der Waals surface area contributed by atoms with Crippen molar-refractivity contribution in [2.45, 2.75) is 23.6 Å². The average Bonchev–Trinajstić information content (AvgIpc) is 2.38. The highest BCUT2D eigenvalue weighted by Gasteiger charge is 2.31. The zero-order valence-electron chi connectivity index (χ0n) is 11.0. The number of aliphatic carboxylic acids is 1. The number of carbonyl (C=O) groups is 1. The molecular weight excluding hydrogens is 286 g/mol. The maximum absolute atomic E-state index is 11.9. The molecule has 0 aliphatic rings. The molecule has 0 radical (unpaired) electrons. The third-order valence-electron chi connectivity index (χ3n) is 2.79. The van der Waals surface area contributed by atoms with Crippen molar-refractivity contribution in [2.75, 3.05) is 13.3 Å². The maximum atomic E-state index is 11.9. The summed E-state index contributed by atoms with van der Waals surface area (Å²) in [7, 11) is -2.44. The van der Waals surface area contributed by atoms with Crippen molar-refractivity contribution in [3.63, 3.8) is 0 Å². The van der Waals surface area contributed by atoms with Crippen molar-refractivity contribution in [1.29, 1.82) is 0 Å². The average molecular weight is 303 g/mol. The van der Waals surface area contributed by atoms with E-state index in [4.69, 9.17) is 5.11 Å². The first kappa shape index (κ1) is 16.0. The third kappa shape index (κ3) is 3.95. The van der Waals surface area contributed by atoms with Gasteiger partial charge in [-0.15, -0.1) is 11.8 Å². The van der Waals surface area contributed by atoms with Crippen molar-refractivity contribution >= 4 is 27.8 Å². The van der Waals surface area contributed by atoms with Crippen LogP contribution in [0.5, 0.6) is 0 Å². The number of rotatable bonds is 6. The summed E-state index contributed by atoms with van der Waals surface area (Å²) in [4.78, 5) is 11.9. The summed E-state index contributed by atoms with van der Waals surface area (Å²) in [6, 6.07) is 7.48. The molecule has 0 fully saturated rings. The topological polar surface area (TPSA) is 74.7 Å². The Kier molecular flexibility index (Phi) is 5.39. The molecule has 1 rings (SSSR count). The van der Waals surface area contributed by atoms with Crippen LogP contribution < -0.4 is 0 Å². The van der Waals surface area contributed by atoms with Gasteiger partial charge in [-0.3, -0.25) is 4.79 Å². The van der Waals surface area contributed by atoms with E-state index in [-0.39, 0.29) is 6.54 Å². The molecule has 0 spiro atoms. The van der Waals surface area contributed by atoms with Gasteiger partial charge in [-0.1, -0.05) is 12.1 Å². The maximum Gasteiger partial charge on any atom is 0.323 e. The van der Waals surface area contributed by atoms with Gasteiger partial charge in [0.2, 0.25) is 10.0 Å². The molecular formula is C12H17NO4S2. The number of carboxylic acids is 1. The fourth-order valence-corrected chi connectivity index (χ4v) is 3.01. The molecule has 19 heavy (non-hydrogen) atoms. The van der Waals surface area contributed by atoms with Crippen LogP contribution in [0.1, 0.15) is 12.5 Å². The number of benzene rings is 1. The predicted octanol–water partition coefficient (Wildman–Crippen LogP) is 1.64. The lowest BCUT2D eigenvalue weighted by molar-refractivity contribution is -0.136. The molecule has 0 saturated carbocycles. The minimum absolute atomic E-state index is 0.161. The van der Waals surface area contributed by atoms with Gasteiger partial charge >= 0.3 is 5.97 Å². The molecule has 0 saturated heterocycles. The van der Waals surface area contributed by atoms with Crippen LogP contribution in [-0.2, 0) is 21.4 Å². The number of sulfonamides is 1. The Labute approximate surface area is 117 Å². The van der Waals surface area contributed by atoms with Crippen LogP contribution in [0, 0.1) is 0 Å². The summed E-state index contributed by atoms with van der Waals surface area (Å²) in [5, 5.41) is 7.35. The summed E-state index contributed by atoms with van der Waals surface area (Å²) >= 11 is 1.60. The Morgan fingerprint density at radius 3 is 2.32 bits per heavy atom. The van der Waals surface area contributed by atoms with Gasteiger partial charge in [0.05, 0.1) is 0 Å². The molecule has 1 atom stereocenters. The van der Waals surface area contributed by atoms with E-state index in [1.807, 2.05) is 30.5 Å². The van der Waals surface area contributed by atoms with E-state index < -0.39 is 21.2 Å². The lowest BCUT2D eigenvalue weighted by Crippen LogP contribution is -2.38. The summed E-state index contributed by atoms with van der Waals surface area (Å²) in [6.07, 6.45) is 1.96. The smallest absolute Gasteiger partial charge is 0.323 e. The Balaban J connectivity index is 2.83. The number of hydrogen-bond acceptors (Lipinski definition) is 4. The first-order valence-electron chi connectivity index (χ1n) is 5.60. The van der Waals surface area contributed by atoms with E-state index in [2.05, 4.69) is 0 Å². The Bertz CT molecular complexity index is 539. The van der Waals surface area contributed by atoms with Crippen molar-refractivity contribution in [2.24, 2.45) is 0 Å². The molecule has 5 nitrogen and oxygen atoms in total. The van der Waals surface area contributed by atoms with Gasteiger partial charge in [-0.2, -0.15) is 4.31 Å². The van der Waals surface area contributed by atoms with Gasteiger partial charge in [0.25, 0.3) is 0 Å². The molecule has 1 aromatic carbocycles. The summed E-state index contributed by atoms with van der Waals surface area (Å²) < 4.78 is 25.0. The lowest BCUT2D eigenvalue weighted by atomic mass is 10.2. The Morgan fingerprint density at radius 2 is 1.89 bits per heavy atom. The van der Waals surface area contributed by atoms with Crippen LogP contribution in [0.4, 0.5) is 0 Å². The molecule has 106 valence electrons. The molecule has 7 heteroatoms. The first-order chi connectivity index (χ1) is 8.78. The van der Waals surface area contributed by atoms with Crippen molar-refractivity contribution in [3.05, 3.63) is 29.8 Å². The van der Waals surface area contributed by atoms with Crippen molar-refractivity contribution in [1.82, 2.24) is 4.31 Å². The SMILES string of the molecule is CSc1ccc(CN(C)S(=O)(=O)C(C)C(=O)O)cc1. The molecule has 0 heterocycles. The molecule has 1 unspecified atom stereocenters. The Hall–Kier alpha value is -1.05. The molecule has 0 aromatic heterocycles. The van der Waals surface area contributed by atoms with Gasteiger partial charge in [0.1, 0.15) is 0 Å². The lowest BCUT2D eigenvalue weighted by Gasteiger charge is -2.19. The zero-order valence-corrected chi connectivity index (χ0v) is 12.7. The summed E-state index contributed by atoms with van der Waals surface area (Å²) in [5.41, 5.74) is 0.821. The van der Waals surface area contributed by atoms with E-state index in [0.29, 0.717) is 0 Å². The van der Waals surface area contributed by atoms with Crippen LogP contribution >= 0.6 is 11.8 Å². The normalized spacial score (nSPS) is 13.5. The quantitative estimate of drug-likeness (QED) is 0.809. The highest BCUT2D eigenvalue weighted by atomic mass is 32.2. The van der Waals surface area contributed by atoms with Crippen LogP contribution in [0.15, 0.2) is 29.2 Å². The molecule has 0 aliphatic heterocycles. The van der Waals surface area contributed by atoms with Gasteiger partial charge in [0, 0.05) is 18.5 Å². The number of hydrogen-bond donors (Lipinski definition) is 1. The van der Waals surface area contributed by atoms with Crippen LogP contribution in [0.2, 0.25) is 0 Å². The standard InChI is InChI=1S/C12H17NO4S2/c1-9(12(14)15)19(16,17)13(2)8-10-4-6-11(18-3)7-5-10/h4-7,9H,8H2,1-3H3,(H,14,15). The number of thioether (sulfide) groups is 1. The highest BCUT2D eigenvalue weighted by molar-refractivity contribution is 7.98. The molecule has 1 N–H and O–H groups in total. The van der Waals surface area contributed by atoms with Gasteiger partial charge < -0.3 is 5.11 Å². The summed E-state index contributed by atoms with van der Waals surface area (Å²) in [5.74, 6) is -1.34. The highest BCUT2D eigenvalue weighted by Crippen LogP contribution is 2.17. The molecule has 1 aromatic rings. The van der Waals surface area contributed by atoms with E-state index in [0.717, 1.165) is 14.8 Å². The van der Waals surface area contributed by atoms with Gasteiger partial charge in [-0.05, 0) is 30.9 Å². The third-order valence-corrected chi connectivity index (χ3v) is 5.63. The van der Waals surface area contributed by atoms with E-state index in [9.17, 15) is 13.2 Å². The predicted molar refractivity (Wildman–Crippen MR) is 75.7 cm³/mol.